The smallest absolute Gasteiger partial charge is 0.420 e. The van der Waals surface area contributed by atoms with Crippen molar-refractivity contribution in [3.8, 4) is 0 Å². The van der Waals surface area contributed by atoms with Crippen LogP contribution < -0.4 is 0 Å². The number of imide groups is 1. The second-order valence-electron chi connectivity index (χ2n) is 9.36. The minimum absolute atomic E-state index is 0.0481. The summed E-state index contributed by atoms with van der Waals surface area (Å²) in [6.45, 7) is 10.1. The number of benzene rings is 1. The Morgan fingerprint density at radius 2 is 1.48 bits per heavy atom. The molecule has 1 aromatic carbocycles. The number of methoxy groups -OCH3 is 1. The molecule has 8 nitrogen and oxygen atoms in total. The maximum atomic E-state index is 13.0. The van der Waals surface area contributed by atoms with Crippen LogP contribution in [-0.2, 0) is 32.5 Å². The van der Waals surface area contributed by atoms with E-state index in [-0.39, 0.29) is 6.42 Å². The summed E-state index contributed by atoms with van der Waals surface area (Å²) in [6.07, 6.45) is -0.0371. The summed E-state index contributed by atoms with van der Waals surface area (Å²) in [5, 5.41) is 0.909. The van der Waals surface area contributed by atoms with Crippen LogP contribution in [0.5, 0.6) is 0 Å². The maximum Gasteiger partial charge on any atom is 0.420 e. The molecule has 0 unspecified atom stereocenters. The lowest BCUT2D eigenvalue weighted by molar-refractivity contribution is -0.146. The van der Waals surface area contributed by atoms with Gasteiger partial charge in [-0.15, -0.1) is 0 Å². The minimum atomic E-state index is -1.26. The number of fused-ring (bicyclic) bond motifs is 1. The Labute approximate surface area is 183 Å². The van der Waals surface area contributed by atoms with E-state index in [4.69, 9.17) is 14.2 Å². The predicted octanol–water partition coefficient (Wildman–Crippen LogP) is 4.43. The minimum Gasteiger partial charge on any atom is -0.467 e. The van der Waals surface area contributed by atoms with Crippen molar-refractivity contribution in [1.29, 1.82) is 0 Å². The second-order valence-corrected chi connectivity index (χ2v) is 9.36. The molecule has 2 aromatic rings. The van der Waals surface area contributed by atoms with Gasteiger partial charge in [-0.2, -0.15) is 4.90 Å². The van der Waals surface area contributed by atoms with Crippen LogP contribution in [0.4, 0.5) is 9.59 Å². The number of carbonyl (C=O) groups is 3. The Hall–Kier alpha value is -3.03. The quantitative estimate of drug-likeness (QED) is 0.525. The highest BCUT2D eigenvalue weighted by molar-refractivity contribution is 5.95. The van der Waals surface area contributed by atoms with Crippen molar-refractivity contribution < 1.29 is 28.6 Å². The summed E-state index contributed by atoms with van der Waals surface area (Å²) in [4.78, 5) is 39.5. The Balaban J connectivity index is 2.52. The van der Waals surface area contributed by atoms with Crippen LogP contribution >= 0.6 is 0 Å². The highest BCUT2D eigenvalue weighted by atomic mass is 16.6. The fraction of sp³-hybridized carbons (Fsp3) is 0.522. The van der Waals surface area contributed by atoms with Crippen LogP contribution in [-0.4, -0.2) is 52.0 Å². The van der Waals surface area contributed by atoms with Crippen molar-refractivity contribution in [1.82, 2.24) is 9.47 Å². The van der Waals surface area contributed by atoms with Gasteiger partial charge in [0.25, 0.3) is 0 Å². The first kappa shape index (κ1) is 24.2. The van der Waals surface area contributed by atoms with Crippen molar-refractivity contribution in [2.45, 2.75) is 65.2 Å². The first-order valence-corrected chi connectivity index (χ1v) is 10.1. The third kappa shape index (κ3) is 6.23. The third-order valence-electron chi connectivity index (χ3n) is 4.36. The Morgan fingerprint density at radius 3 is 1.97 bits per heavy atom. The molecule has 0 aliphatic rings. The number of aryl methyl sites for hydroxylation is 1. The van der Waals surface area contributed by atoms with E-state index in [1.54, 1.807) is 41.5 Å². The molecule has 8 heteroatoms. The average Bonchev–Trinajstić information content (AvgIpc) is 2.93. The largest absolute Gasteiger partial charge is 0.467 e. The Morgan fingerprint density at radius 1 is 0.968 bits per heavy atom. The van der Waals surface area contributed by atoms with Gasteiger partial charge in [0.1, 0.15) is 17.2 Å². The molecule has 31 heavy (non-hydrogen) atoms. The second kappa shape index (κ2) is 8.99. The molecule has 0 aliphatic carbocycles. The van der Waals surface area contributed by atoms with E-state index in [1.807, 2.05) is 42.1 Å². The van der Waals surface area contributed by atoms with Gasteiger partial charge < -0.3 is 18.8 Å². The van der Waals surface area contributed by atoms with Crippen LogP contribution in [0.1, 0.15) is 47.1 Å². The Bertz CT molecular complexity index is 937. The standard InChI is InChI=1S/C23H32N2O6/c1-22(2,3)30-20(27)25(21(28)31-23(4,5)6)18(19(26)29-8)13-15-14-24(7)17-12-10-9-11-16(15)17/h9-12,14,18H,13H2,1-8H3/t18-/m0/s1. The summed E-state index contributed by atoms with van der Waals surface area (Å²) >= 11 is 0. The van der Waals surface area contributed by atoms with Gasteiger partial charge in [0.2, 0.25) is 0 Å². The van der Waals surface area contributed by atoms with Gasteiger partial charge in [0.15, 0.2) is 0 Å². The fourth-order valence-electron chi connectivity index (χ4n) is 3.16. The van der Waals surface area contributed by atoms with E-state index < -0.39 is 35.4 Å². The highest BCUT2D eigenvalue weighted by Crippen LogP contribution is 2.25. The lowest BCUT2D eigenvalue weighted by atomic mass is 10.0. The summed E-state index contributed by atoms with van der Waals surface area (Å²) in [5.41, 5.74) is -0.0117. The predicted molar refractivity (Wildman–Crippen MR) is 117 cm³/mol. The molecule has 0 aliphatic heterocycles. The van der Waals surface area contributed by atoms with Crippen molar-refractivity contribution in [3.05, 3.63) is 36.0 Å². The van der Waals surface area contributed by atoms with E-state index in [0.29, 0.717) is 4.90 Å². The number of hydrogen-bond donors (Lipinski definition) is 0. The molecule has 0 saturated heterocycles. The Kier molecular flexibility index (Phi) is 7.03. The molecule has 0 spiro atoms. The number of hydrogen-bond acceptors (Lipinski definition) is 6. The molecule has 1 aromatic heterocycles. The molecule has 1 atom stereocenters. The first-order chi connectivity index (χ1) is 14.2. The molecular formula is C23H32N2O6. The van der Waals surface area contributed by atoms with E-state index >= 15 is 0 Å². The molecule has 2 amide bonds. The molecule has 1 heterocycles. The van der Waals surface area contributed by atoms with E-state index in [9.17, 15) is 14.4 Å². The molecule has 0 N–H and O–H groups in total. The molecule has 0 saturated carbocycles. The van der Waals surface area contributed by atoms with Crippen LogP contribution in [0.15, 0.2) is 30.5 Å². The van der Waals surface area contributed by atoms with Crippen molar-refractivity contribution >= 4 is 29.1 Å². The third-order valence-corrected chi connectivity index (χ3v) is 4.36. The lowest BCUT2D eigenvalue weighted by Gasteiger charge is -2.32. The number of aromatic nitrogens is 1. The number of para-hydroxylation sites is 1. The van der Waals surface area contributed by atoms with Crippen molar-refractivity contribution in [2.24, 2.45) is 7.05 Å². The zero-order chi connectivity index (χ0) is 23.6. The van der Waals surface area contributed by atoms with Crippen LogP contribution in [0.2, 0.25) is 0 Å². The van der Waals surface area contributed by atoms with Gasteiger partial charge in [0, 0.05) is 30.6 Å². The topological polar surface area (TPSA) is 87.1 Å². The van der Waals surface area contributed by atoms with Crippen molar-refractivity contribution in [2.75, 3.05) is 7.11 Å². The van der Waals surface area contributed by atoms with Gasteiger partial charge in [-0.1, -0.05) is 18.2 Å². The number of rotatable bonds is 4. The fourth-order valence-corrected chi connectivity index (χ4v) is 3.16. The van der Waals surface area contributed by atoms with Crippen LogP contribution in [0, 0.1) is 0 Å². The number of ether oxygens (including phenoxy) is 3. The zero-order valence-corrected chi connectivity index (χ0v) is 19.5. The monoisotopic (exact) mass is 432 g/mol. The van der Waals surface area contributed by atoms with Crippen LogP contribution in [0.25, 0.3) is 10.9 Å². The summed E-state index contributed by atoms with van der Waals surface area (Å²) in [6, 6.07) is 6.41. The molecular weight excluding hydrogens is 400 g/mol. The number of amides is 2. The summed E-state index contributed by atoms with van der Waals surface area (Å²) in [7, 11) is 3.10. The maximum absolute atomic E-state index is 13.0. The number of nitrogens with zero attached hydrogens (tertiary/aromatic N) is 2. The highest BCUT2D eigenvalue weighted by Gasteiger charge is 2.41. The van der Waals surface area contributed by atoms with Gasteiger partial charge in [0.05, 0.1) is 7.11 Å². The molecule has 2 rings (SSSR count). The number of carbonyl (C=O) groups excluding carboxylic acids is 3. The number of esters is 1. The van der Waals surface area contributed by atoms with Crippen molar-refractivity contribution in [3.63, 3.8) is 0 Å². The zero-order valence-electron chi connectivity index (χ0n) is 19.5. The van der Waals surface area contributed by atoms with Gasteiger partial charge in [-0.25, -0.2) is 14.4 Å². The van der Waals surface area contributed by atoms with E-state index in [1.165, 1.54) is 7.11 Å². The summed E-state index contributed by atoms with van der Waals surface area (Å²) in [5.74, 6) is -0.746. The van der Waals surface area contributed by atoms with Crippen LogP contribution in [0.3, 0.4) is 0 Å². The van der Waals surface area contributed by atoms with Gasteiger partial charge >= 0.3 is 18.2 Å². The normalized spacial score (nSPS) is 12.9. The van der Waals surface area contributed by atoms with Gasteiger partial charge in [-0.05, 0) is 53.2 Å². The summed E-state index contributed by atoms with van der Waals surface area (Å²) < 4.78 is 17.7. The van der Waals surface area contributed by atoms with Gasteiger partial charge in [-0.3, -0.25) is 0 Å². The first-order valence-electron chi connectivity index (χ1n) is 10.1. The molecule has 0 radical (unpaired) electrons. The van der Waals surface area contributed by atoms with E-state index in [0.717, 1.165) is 16.5 Å². The lowest BCUT2D eigenvalue weighted by Crippen LogP contribution is -2.53. The average molecular weight is 433 g/mol. The molecule has 0 fully saturated rings. The molecule has 170 valence electrons. The molecule has 0 bridgehead atoms. The SMILES string of the molecule is COC(=O)[C@H](Cc1cn(C)c2ccccc12)N(C(=O)OC(C)(C)C)C(=O)OC(C)(C)C. The van der Waals surface area contributed by atoms with E-state index in [2.05, 4.69) is 0 Å².